The second-order valence-corrected chi connectivity index (χ2v) is 22.6. The summed E-state index contributed by atoms with van der Waals surface area (Å²) in [5, 5.41) is 2.50. The molecular formula is C75H68N4O6S2. The van der Waals surface area contributed by atoms with E-state index in [2.05, 4.69) is 208 Å². The van der Waals surface area contributed by atoms with Crippen molar-refractivity contribution in [1.82, 2.24) is 0 Å². The lowest BCUT2D eigenvalue weighted by Gasteiger charge is -2.27. The van der Waals surface area contributed by atoms with Gasteiger partial charge in [0.05, 0.1) is 47.7 Å². The van der Waals surface area contributed by atoms with Crippen molar-refractivity contribution in [2.24, 2.45) is 0 Å². The Bertz CT molecular complexity index is 3950. The molecule has 0 aliphatic carbocycles. The topological polar surface area (TPSA) is 68.3 Å². The molecule has 9 aromatic carbocycles. The van der Waals surface area contributed by atoms with E-state index in [1.165, 1.54) is 9.91 Å². The molecule has 1 aromatic heterocycles. The van der Waals surface area contributed by atoms with E-state index in [0.717, 1.165) is 119 Å². The predicted molar refractivity (Wildman–Crippen MR) is 363 cm³/mol. The predicted octanol–water partition coefficient (Wildman–Crippen LogP) is 20.7. The van der Waals surface area contributed by atoms with Gasteiger partial charge in [-0.05, 0) is 230 Å². The molecule has 0 spiro atoms. The monoisotopic (exact) mass is 1180 g/mol. The molecule has 0 saturated carbocycles. The summed E-state index contributed by atoms with van der Waals surface area (Å²) in [4.78, 5) is 10.4. The molecule has 0 saturated heterocycles. The fourth-order valence-corrected chi connectivity index (χ4v) is 13.0. The second kappa shape index (κ2) is 27.4. The molecule has 2 heterocycles. The summed E-state index contributed by atoms with van der Waals surface area (Å²) in [5.74, 6) is 4.59. The highest BCUT2D eigenvalue weighted by molar-refractivity contribution is 8.03. The Kier molecular flexibility index (Phi) is 18.5. The molecule has 1 atom stereocenters. The molecule has 1 unspecified atom stereocenters. The first-order valence-electron chi connectivity index (χ1n) is 28.5. The van der Waals surface area contributed by atoms with Gasteiger partial charge in [-0.3, -0.25) is 0 Å². The van der Waals surface area contributed by atoms with Crippen molar-refractivity contribution in [2.75, 3.05) is 62.3 Å². The van der Waals surface area contributed by atoms with Crippen LogP contribution in [0.1, 0.15) is 23.5 Å². The number of ether oxygens (including phenoxy) is 6. The summed E-state index contributed by atoms with van der Waals surface area (Å²) in [6.45, 7) is 6.02. The second-order valence-electron chi connectivity index (χ2n) is 20.3. The fourth-order valence-electron chi connectivity index (χ4n) is 10.5. The normalized spacial score (nSPS) is 12.9. The molecule has 1 aliphatic rings. The zero-order chi connectivity index (χ0) is 60.2. The van der Waals surface area contributed by atoms with Crippen LogP contribution in [0.15, 0.2) is 278 Å². The fraction of sp³-hybridized carbons (Fsp3) is 0.120. The third kappa shape index (κ3) is 13.3. The van der Waals surface area contributed by atoms with Crippen LogP contribution in [0.4, 0.5) is 56.2 Å². The molecule has 0 bridgehead atoms. The van der Waals surface area contributed by atoms with Gasteiger partial charge in [0.15, 0.2) is 0 Å². The first-order valence-corrected chi connectivity index (χ1v) is 30.2. The highest BCUT2D eigenvalue weighted by Gasteiger charge is 2.28. The van der Waals surface area contributed by atoms with E-state index < -0.39 is 0 Å². The van der Waals surface area contributed by atoms with Crippen molar-refractivity contribution < 1.29 is 28.4 Å². The number of hydrogen-bond donors (Lipinski definition) is 0. The summed E-state index contributed by atoms with van der Waals surface area (Å²) in [5.41, 5.74) is 14.7. The van der Waals surface area contributed by atoms with Crippen molar-refractivity contribution in [3.8, 4) is 51.0 Å². The zero-order valence-electron chi connectivity index (χ0n) is 49.8. The van der Waals surface area contributed by atoms with Gasteiger partial charge < -0.3 is 48.0 Å². The highest BCUT2D eigenvalue weighted by Crippen LogP contribution is 2.52. The van der Waals surface area contributed by atoms with Crippen LogP contribution in [-0.4, -0.2) is 42.7 Å². The summed E-state index contributed by atoms with van der Waals surface area (Å²) in [6, 6.07) is 80.6. The number of anilines is 10. The van der Waals surface area contributed by atoms with Crippen LogP contribution in [0.2, 0.25) is 0 Å². The minimum Gasteiger partial charge on any atom is -0.497 e. The molecule has 11 rings (SSSR count). The van der Waals surface area contributed by atoms with Crippen LogP contribution < -0.4 is 43.3 Å². The lowest BCUT2D eigenvalue weighted by Crippen LogP contribution is -2.15. The molecule has 436 valence electrons. The minimum absolute atomic E-state index is 0.209. The zero-order valence-corrected chi connectivity index (χ0v) is 51.4. The van der Waals surface area contributed by atoms with Gasteiger partial charge in [-0.15, -0.1) is 11.3 Å². The SMILES string of the molecule is C=C(C=CC(=CC)N(c1ccc(OC)cc1)c1ccc(-c2ccc(N(c3ccc(OC)cc3)c3ccc(C4CC=C(N(c5ccc(OC)cc5)c5ccc(-c6ccc(N(c7ccc(OC)cc7)c7ccc(OC)cc7)cc6)cc5)S4)s3)cc2)cc1)OC. The average molecular weight is 1190 g/mol. The Balaban J connectivity index is 0.834. The molecule has 87 heavy (non-hydrogen) atoms. The van der Waals surface area contributed by atoms with Gasteiger partial charge in [0.25, 0.3) is 0 Å². The molecule has 12 heteroatoms. The Labute approximate surface area is 519 Å². The van der Waals surface area contributed by atoms with Gasteiger partial charge in [0, 0.05) is 67.0 Å². The molecule has 10 nitrogen and oxygen atoms in total. The third-order valence-corrected chi connectivity index (χ3v) is 17.9. The number of thiophene rings is 1. The van der Waals surface area contributed by atoms with Crippen molar-refractivity contribution in [3.63, 3.8) is 0 Å². The smallest absolute Gasteiger partial charge is 0.119 e. The third-order valence-electron chi connectivity index (χ3n) is 15.2. The average Bonchev–Trinajstić information content (AvgIpc) is 2.47. The number of nitrogens with zero attached hydrogens (tertiary/aromatic N) is 4. The van der Waals surface area contributed by atoms with Crippen molar-refractivity contribution in [3.05, 3.63) is 283 Å². The maximum atomic E-state index is 5.62. The summed E-state index contributed by atoms with van der Waals surface area (Å²) in [6.07, 6.45) is 9.22. The van der Waals surface area contributed by atoms with E-state index in [1.807, 2.05) is 103 Å². The Hall–Kier alpha value is -10.0. The van der Waals surface area contributed by atoms with E-state index >= 15 is 0 Å². The van der Waals surface area contributed by atoms with Crippen molar-refractivity contribution in [2.45, 2.75) is 18.6 Å². The molecule has 10 aromatic rings. The Morgan fingerprint density at radius 1 is 0.391 bits per heavy atom. The van der Waals surface area contributed by atoms with E-state index in [4.69, 9.17) is 28.4 Å². The molecule has 0 N–H and O–H groups in total. The number of thioether (sulfide) groups is 1. The van der Waals surface area contributed by atoms with Crippen LogP contribution in [0, 0.1) is 0 Å². The molecule has 0 fully saturated rings. The van der Waals surface area contributed by atoms with E-state index in [1.54, 1.807) is 42.7 Å². The molecule has 0 amide bonds. The van der Waals surface area contributed by atoms with Gasteiger partial charge in [-0.25, -0.2) is 0 Å². The van der Waals surface area contributed by atoms with E-state index in [9.17, 15) is 0 Å². The van der Waals surface area contributed by atoms with Gasteiger partial charge in [-0.1, -0.05) is 79.0 Å². The van der Waals surface area contributed by atoms with E-state index in [0.29, 0.717) is 5.76 Å². The Morgan fingerprint density at radius 2 is 0.713 bits per heavy atom. The Morgan fingerprint density at radius 3 is 1.06 bits per heavy atom. The summed E-state index contributed by atoms with van der Waals surface area (Å²) < 4.78 is 33.0. The quantitative estimate of drug-likeness (QED) is 0.0454. The van der Waals surface area contributed by atoms with Gasteiger partial charge in [0.1, 0.15) is 39.5 Å². The minimum atomic E-state index is 0.209. The first-order chi connectivity index (χ1) is 42.7. The lowest BCUT2D eigenvalue weighted by atomic mass is 10.0. The summed E-state index contributed by atoms with van der Waals surface area (Å²) >= 11 is 3.72. The molecule has 1 aliphatic heterocycles. The number of benzene rings is 9. The van der Waals surface area contributed by atoms with E-state index in [-0.39, 0.29) is 5.25 Å². The number of allylic oxidation sites excluding steroid dienone is 4. The first kappa shape index (κ1) is 58.8. The lowest BCUT2D eigenvalue weighted by molar-refractivity contribution is 0.309. The van der Waals surface area contributed by atoms with Crippen LogP contribution >= 0.6 is 23.1 Å². The number of methoxy groups -OCH3 is 6. The maximum absolute atomic E-state index is 5.62. The van der Waals surface area contributed by atoms with Crippen LogP contribution in [0.3, 0.4) is 0 Å². The summed E-state index contributed by atoms with van der Waals surface area (Å²) in [7, 11) is 10.1. The maximum Gasteiger partial charge on any atom is 0.119 e. The number of rotatable bonds is 23. The largest absolute Gasteiger partial charge is 0.497 e. The van der Waals surface area contributed by atoms with Crippen LogP contribution in [-0.2, 0) is 4.74 Å². The van der Waals surface area contributed by atoms with Crippen LogP contribution in [0.25, 0.3) is 22.3 Å². The highest BCUT2D eigenvalue weighted by atomic mass is 32.2. The molecular weight excluding hydrogens is 1120 g/mol. The number of hydrogen-bond acceptors (Lipinski definition) is 12. The van der Waals surface area contributed by atoms with Crippen molar-refractivity contribution in [1.29, 1.82) is 0 Å². The van der Waals surface area contributed by atoms with Gasteiger partial charge in [-0.2, -0.15) is 0 Å². The van der Waals surface area contributed by atoms with Gasteiger partial charge >= 0.3 is 0 Å². The van der Waals surface area contributed by atoms with Crippen LogP contribution in [0.5, 0.6) is 28.7 Å². The molecule has 0 radical (unpaired) electrons. The standard InChI is InChI=1S/C75H68N4O6S2/c1-9-57(19-10-52(2)80-3)76(60-28-38-67(81-4)39-29-60)58-20-11-53(12-21-58)55-15-24-63(25-16-55)78(65-34-44-70(84-7)45-35-65)74-50-48-72(86-74)73-49-51-75(87-73)79(66-36-46-71(85-8)47-37-66)64-26-17-56(18-27-64)54-13-22-59(23-14-54)77(61-30-40-68(82-5)41-31-61)62-32-42-69(83-6)43-33-62/h9-48,50-51,73H,2,49H2,1,3-8H3. The van der Waals surface area contributed by atoms with Crippen molar-refractivity contribution >= 4 is 79.3 Å². The van der Waals surface area contributed by atoms with Gasteiger partial charge in [0.2, 0.25) is 0 Å².